The summed E-state index contributed by atoms with van der Waals surface area (Å²) in [5.74, 6) is 3.29. The summed E-state index contributed by atoms with van der Waals surface area (Å²) in [7, 11) is 0. The number of aliphatic hydroxyl groups is 1. The second-order valence-electron chi connectivity index (χ2n) is 10.9. The van der Waals surface area contributed by atoms with Crippen LogP contribution in [0, 0.1) is 40.4 Å². The van der Waals surface area contributed by atoms with E-state index in [1.165, 1.54) is 19.3 Å². The molecule has 4 aliphatic carbocycles. The Labute approximate surface area is 161 Å². The number of rotatable bonds is 1. The molecule has 0 aromatic carbocycles. The van der Waals surface area contributed by atoms with Crippen LogP contribution < -0.4 is 0 Å². The predicted molar refractivity (Wildman–Crippen MR) is 101 cm³/mol. The average molecular weight is 385 g/mol. The van der Waals surface area contributed by atoms with Crippen molar-refractivity contribution in [3.8, 4) is 0 Å². The zero-order chi connectivity index (χ0) is 19.8. The summed E-state index contributed by atoms with van der Waals surface area (Å²) in [6.07, 6.45) is 3.53. The zero-order valence-electron chi connectivity index (χ0n) is 17.2. The summed E-state index contributed by atoms with van der Waals surface area (Å²) < 4.78 is 40.2. The fourth-order valence-electron chi connectivity index (χ4n) is 8.02. The number of hydrogen-bond acceptors (Lipinski definition) is 1. The molecule has 0 aromatic rings. The molecule has 0 aromatic heterocycles. The van der Waals surface area contributed by atoms with Crippen LogP contribution in [-0.4, -0.2) is 16.9 Å². The van der Waals surface area contributed by atoms with Gasteiger partial charge in [0.25, 0.3) is 0 Å². The Hall–Kier alpha value is -0.510. The van der Waals surface area contributed by atoms with E-state index in [9.17, 15) is 18.3 Å². The molecule has 0 unspecified atom stereocenters. The van der Waals surface area contributed by atoms with Gasteiger partial charge in [-0.05, 0) is 85.4 Å². The lowest BCUT2D eigenvalue weighted by atomic mass is 9.46. The third-order valence-electron chi connectivity index (χ3n) is 9.57. The average Bonchev–Trinajstić information content (AvgIpc) is 2.92. The Morgan fingerprint density at radius 2 is 1.74 bits per heavy atom. The van der Waals surface area contributed by atoms with E-state index in [4.69, 9.17) is 0 Å². The molecule has 7 atom stereocenters. The second kappa shape index (κ2) is 6.00. The molecule has 0 bridgehead atoms. The van der Waals surface area contributed by atoms with Crippen LogP contribution in [0.4, 0.5) is 13.2 Å². The predicted octanol–water partition coefficient (Wildman–Crippen LogP) is 6.51. The topological polar surface area (TPSA) is 20.2 Å². The summed E-state index contributed by atoms with van der Waals surface area (Å²) in [6, 6.07) is 0. The van der Waals surface area contributed by atoms with E-state index in [1.54, 1.807) is 0 Å². The van der Waals surface area contributed by atoms with Crippen molar-refractivity contribution in [2.24, 2.45) is 40.4 Å². The van der Waals surface area contributed by atoms with Crippen LogP contribution in [0.25, 0.3) is 0 Å². The molecule has 4 rings (SSSR count). The molecule has 0 aliphatic heterocycles. The molecule has 1 nitrogen and oxygen atoms in total. The fraction of sp³-hybridized carbons (Fsp3) is 0.913. The van der Waals surface area contributed by atoms with Gasteiger partial charge < -0.3 is 5.11 Å². The first-order valence-corrected chi connectivity index (χ1v) is 10.9. The van der Waals surface area contributed by atoms with Gasteiger partial charge in [0.15, 0.2) is 5.60 Å². The molecular formula is C23H35F3O. The molecule has 1 N–H and O–H groups in total. The SMILES string of the molecule is CC(C)[C@H]1CC[C@H]2[C@@H]3CC=C4C[C@@](O)(C(F)(F)F)CC[C@]4(C)[C@H]3CC[C@]12C. The lowest BCUT2D eigenvalue weighted by Crippen LogP contribution is -2.55. The summed E-state index contributed by atoms with van der Waals surface area (Å²) in [5.41, 5.74) is -1.39. The van der Waals surface area contributed by atoms with Gasteiger partial charge in [-0.15, -0.1) is 0 Å². The summed E-state index contributed by atoms with van der Waals surface area (Å²) >= 11 is 0. The first kappa shape index (κ1) is 19.8. The van der Waals surface area contributed by atoms with Gasteiger partial charge in [-0.2, -0.15) is 13.2 Å². The highest BCUT2D eigenvalue weighted by Crippen LogP contribution is 2.68. The van der Waals surface area contributed by atoms with Crippen LogP contribution in [0.15, 0.2) is 11.6 Å². The number of fused-ring (bicyclic) bond motifs is 5. The first-order chi connectivity index (χ1) is 12.4. The van der Waals surface area contributed by atoms with Crippen molar-refractivity contribution in [3.63, 3.8) is 0 Å². The minimum atomic E-state index is -4.53. The molecule has 154 valence electrons. The standard InChI is InChI=1S/C23H35F3O/c1-14(2)17-7-8-18-16-6-5-15-13-22(27,23(24,25)26)12-11-20(15,3)19(16)9-10-21(17,18)4/h5,14,16-19,27H,6-13H2,1-4H3/t16-,17+,18-,19-,20-,21+,22+/m0/s1. The minimum Gasteiger partial charge on any atom is -0.380 e. The van der Waals surface area contributed by atoms with Crippen LogP contribution in [-0.2, 0) is 0 Å². The van der Waals surface area contributed by atoms with Crippen molar-refractivity contribution < 1.29 is 18.3 Å². The molecule has 0 spiro atoms. The largest absolute Gasteiger partial charge is 0.417 e. The molecule has 3 fully saturated rings. The lowest BCUT2D eigenvalue weighted by molar-refractivity contribution is -0.271. The van der Waals surface area contributed by atoms with E-state index in [0.29, 0.717) is 35.5 Å². The Morgan fingerprint density at radius 3 is 2.37 bits per heavy atom. The Bertz CT molecular complexity index is 638. The third-order valence-corrected chi connectivity index (χ3v) is 9.57. The molecule has 3 saturated carbocycles. The summed E-state index contributed by atoms with van der Waals surface area (Å²) in [5, 5.41) is 10.3. The van der Waals surface area contributed by atoms with Gasteiger partial charge in [0, 0.05) is 6.42 Å². The van der Waals surface area contributed by atoms with Crippen LogP contribution in [0.5, 0.6) is 0 Å². The van der Waals surface area contributed by atoms with Gasteiger partial charge in [-0.3, -0.25) is 0 Å². The number of halogens is 3. The molecule has 27 heavy (non-hydrogen) atoms. The highest BCUT2D eigenvalue weighted by atomic mass is 19.4. The van der Waals surface area contributed by atoms with Crippen molar-refractivity contribution in [2.45, 2.75) is 90.8 Å². The van der Waals surface area contributed by atoms with E-state index in [2.05, 4.69) is 33.8 Å². The van der Waals surface area contributed by atoms with Gasteiger partial charge in [0.05, 0.1) is 0 Å². The molecule has 0 heterocycles. The van der Waals surface area contributed by atoms with Gasteiger partial charge in [0.2, 0.25) is 0 Å². The Morgan fingerprint density at radius 1 is 1.04 bits per heavy atom. The fourth-order valence-corrected chi connectivity index (χ4v) is 8.02. The van der Waals surface area contributed by atoms with E-state index in [0.717, 1.165) is 24.3 Å². The van der Waals surface area contributed by atoms with Gasteiger partial charge >= 0.3 is 6.18 Å². The maximum Gasteiger partial charge on any atom is 0.417 e. The molecule has 0 amide bonds. The number of hydrogen-bond donors (Lipinski definition) is 1. The zero-order valence-corrected chi connectivity index (χ0v) is 17.2. The smallest absolute Gasteiger partial charge is 0.380 e. The van der Waals surface area contributed by atoms with Gasteiger partial charge in [-0.25, -0.2) is 0 Å². The Kier molecular flexibility index (Phi) is 4.40. The highest BCUT2D eigenvalue weighted by Gasteiger charge is 2.63. The third kappa shape index (κ3) is 2.68. The van der Waals surface area contributed by atoms with E-state index < -0.39 is 11.8 Å². The second-order valence-corrected chi connectivity index (χ2v) is 10.9. The lowest BCUT2D eigenvalue weighted by Gasteiger charge is -2.59. The van der Waals surface area contributed by atoms with Crippen LogP contribution in [0.3, 0.4) is 0 Å². The van der Waals surface area contributed by atoms with Gasteiger partial charge in [-0.1, -0.05) is 39.3 Å². The van der Waals surface area contributed by atoms with Crippen molar-refractivity contribution in [3.05, 3.63) is 11.6 Å². The highest BCUT2D eigenvalue weighted by molar-refractivity contribution is 5.27. The van der Waals surface area contributed by atoms with Gasteiger partial charge in [0.1, 0.15) is 0 Å². The number of allylic oxidation sites excluding steroid dienone is 1. The van der Waals surface area contributed by atoms with E-state index >= 15 is 0 Å². The summed E-state index contributed by atoms with van der Waals surface area (Å²) in [4.78, 5) is 0. The van der Waals surface area contributed by atoms with E-state index in [-0.39, 0.29) is 18.3 Å². The maximum atomic E-state index is 13.4. The van der Waals surface area contributed by atoms with E-state index in [1.807, 2.05) is 0 Å². The van der Waals surface area contributed by atoms with Crippen LogP contribution in [0.2, 0.25) is 0 Å². The first-order valence-electron chi connectivity index (χ1n) is 10.9. The van der Waals surface area contributed by atoms with Crippen LogP contribution in [0.1, 0.15) is 79.1 Å². The monoisotopic (exact) mass is 384 g/mol. The molecular weight excluding hydrogens is 349 g/mol. The molecule has 0 saturated heterocycles. The normalized spacial score (nSPS) is 50.0. The maximum absolute atomic E-state index is 13.4. The Balaban J connectivity index is 1.63. The van der Waals surface area contributed by atoms with Crippen molar-refractivity contribution in [1.82, 2.24) is 0 Å². The van der Waals surface area contributed by atoms with Crippen molar-refractivity contribution in [2.75, 3.05) is 0 Å². The molecule has 4 aliphatic rings. The minimum absolute atomic E-state index is 0.149. The van der Waals surface area contributed by atoms with Crippen LogP contribution >= 0.6 is 0 Å². The quantitative estimate of drug-likeness (QED) is 0.511. The van der Waals surface area contributed by atoms with Crippen molar-refractivity contribution in [1.29, 1.82) is 0 Å². The molecule has 0 radical (unpaired) electrons. The number of alkyl halides is 3. The summed E-state index contributed by atoms with van der Waals surface area (Å²) in [6.45, 7) is 9.40. The van der Waals surface area contributed by atoms with Crippen molar-refractivity contribution >= 4 is 0 Å². The molecule has 4 heteroatoms.